The fourth-order valence-corrected chi connectivity index (χ4v) is 0.486. The van der Waals surface area contributed by atoms with Crippen molar-refractivity contribution in [3.05, 3.63) is 24.6 Å². The minimum Gasteiger partial charge on any atom is -0.358 e. The molecule has 3 heteroatoms. The molecule has 0 radical (unpaired) electrons. The zero-order chi connectivity index (χ0) is 7.98. The first-order valence-electron chi connectivity index (χ1n) is 2.98. The Morgan fingerprint density at radius 2 is 1.90 bits per heavy atom. The van der Waals surface area contributed by atoms with Crippen molar-refractivity contribution in [2.24, 2.45) is 0 Å². The lowest BCUT2D eigenvalue weighted by Crippen LogP contribution is -2.00. The van der Waals surface area contributed by atoms with E-state index in [2.05, 4.69) is 0 Å². The van der Waals surface area contributed by atoms with Crippen molar-refractivity contribution in [1.82, 2.24) is 4.90 Å². The number of hydrogen-bond acceptors (Lipinski definition) is 1. The van der Waals surface area contributed by atoms with Gasteiger partial charge in [-0.3, -0.25) is 0 Å². The van der Waals surface area contributed by atoms with Crippen molar-refractivity contribution in [2.45, 2.75) is 13.3 Å². The van der Waals surface area contributed by atoms with E-state index in [1.807, 2.05) is 6.92 Å². The molecule has 0 saturated heterocycles. The Bertz CT molecular complexity index is 130. The fraction of sp³-hybridized carbons (Fsp3) is 0.429. The molecule has 0 spiro atoms. The summed E-state index contributed by atoms with van der Waals surface area (Å²) in [6.45, 7) is 1.83. The monoisotopic (exact) mass is 147 g/mol. The van der Waals surface area contributed by atoms with E-state index in [9.17, 15) is 8.78 Å². The molecule has 10 heavy (non-hydrogen) atoms. The smallest absolute Gasteiger partial charge is 0.258 e. The molecular formula is C7H11F2N. The van der Waals surface area contributed by atoms with Crippen molar-refractivity contribution in [2.75, 3.05) is 7.05 Å². The molecule has 58 valence electrons. The topological polar surface area (TPSA) is 3.24 Å². The molecule has 0 aromatic heterocycles. The molecule has 0 amide bonds. The van der Waals surface area contributed by atoms with E-state index >= 15 is 0 Å². The molecule has 0 rings (SSSR count). The number of rotatable bonds is 3. The lowest BCUT2D eigenvalue weighted by molar-refractivity contribution is 0.202. The second kappa shape index (κ2) is 4.97. The molecule has 0 saturated carbocycles. The second-order valence-corrected chi connectivity index (χ2v) is 1.82. The third kappa shape index (κ3) is 5.28. The quantitative estimate of drug-likeness (QED) is 0.591. The van der Waals surface area contributed by atoms with Crippen LogP contribution in [-0.2, 0) is 0 Å². The molecule has 0 aromatic rings. The number of alkyl halides is 2. The second-order valence-electron chi connectivity index (χ2n) is 1.82. The highest BCUT2D eigenvalue weighted by atomic mass is 19.3. The first-order valence-corrected chi connectivity index (χ1v) is 2.98. The maximum atomic E-state index is 11.5. The summed E-state index contributed by atoms with van der Waals surface area (Å²) in [5.74, 6) is 0. The molecule has 0 atom stereocenters. The Morgan fingerprint density at radius 3 is 2.30 bits per heavy atom. The minimum atomic E-state index is -2.37. The molecule has 0 aromatic carbocycles. The van der Waals surface area contributed by atoms with E-state index in [0.717, 1.165) is 6.08 Å². The summed E-state index contributed by atoms with van der Waals surface area (Å²) < 4.78 is 23.0. The number of halogens is 2. The van der Waals surface area contributed by atoms with E-state index in [1.54, 1.807) is 24.2 Å². The predicted molar refractivity (Wildman–Crippen MR) is 37.7 cm³/mol. The highest BCUT2D eigenvalue weighted by Crippen LogP contribution is 1.95. The van der Waals surface area contributed by atoms with Gasteiger partial charge in [-0.1, -0.05) is 6.08 Å². The highest BCUT2D eigenvalue weighted by molar-refractivity contribution is 4.89. The van der Waals surface area contributed by atoms with E-state index < -0.39 is 6.43 Å². The number of nitrogens with zero attached hydrogens (tertiary/aromatic N) is 1. The van der Waals surface area contributed by atoms with Crippen LogP contribution in [0.5, 0.6) is 0 Å². The molecule has 0 fully saturated rings. The minimum absolute atomic E-state index is 0.833. The van der Waals surface area contributed by atoms with Gasteiger partial charge in [-0.05, 0) is 19.2 Å². The van der Waals surface area contributed by atoms with Gasteiger partial charge in [-0.2, -0.15) is 0 Å². The average Bonchev–Trinajstić information content (AvgIpc) is 1.85. The van der Waals surface area contributed by atoms with Crippen molar-refractivity contribution in [3.8, 4) is 0 Å². The van der Waals surface area contributed by atoms with Crippen LogP contribution in [0.4, 0.5) is 8.78 Å². The number of hydrogen-bond donors (Lipinski definition) is 0. The van der Waals surface area contributed by atoms with Gasteiger partial charge in [-0.15, -0.1) is 0 Å². The standard InChI is InChI=1S/C7H11F2N/c1-3-5-10(2)6-4-7(8)9/h3-7H,1-2H3/b5-3-,6-4+. The van der Waals surface area contributed by atoms with Gasteiger partial charge >= 0.3 is 0 Å². The van der Waals surface area contributed by atoms with Crippen LogP contribution < -0.4 is 0 Å². The van der Waals surface area contributed by atoms with Crippen molar-refractivity contribution in [1.29, 1.82) is 0 Å². The summed E-state index contributed by atoms with van der Waals surface area (Å²) in [6, 6.07) is 0. The fourth-order valence-electron chi connectivity index (χ4n) is 0.486. The summed E-state index contributed by atoms with van der Waals surface area (Å²) in [7, 11) is 1.69. The van der Waals surface area contributed by atoms with Crippen molar-refractivity contribution in [3.63, 3.8) is 0 Å². The van der Waals surface area contributed by atoms with Gasteiger partial charge in [0, 0.05) is 13.2 Å². The van der Waals surface area contributed by atoms with Crippen LogP contribution in [0.1, 0.15) is 6.92 Å². The SMILES string of the molecule is C/C=C\N(C)/C=C/C(F)F. The molecule has 0 heterocycles. The lowest BCUT2D eigenvalue weighted by Gasteiger charge is -2.04. The van der Waals surface area contributed by atoms with Gasteiger partial charge in [0.05, 0.1) is 0 Å². The van der Waals surface area contributed by atoms with Gasteiger partial charge < -0.3 is 4.90 Å². The van der Waals surface area contributed by atoms with Crippen LogP contribution in [-0.4, -0.2) is 18.4 Å². The van der Waals surface area contributed by atoms with Gasteiger partial charge in [0.25, 0.3) is 6.43 Å². The van der Waals surface area contributed by atoms with Crippen LogP contribution >= 0.6 is 0 Å². The Balaban J connectivity index is 3.66. The Hall–Kier alpha value is -0.860. The van der Waals surface area contributed by atoms with Gasteiger partial charge in [0.2, 0.25) is 0 Å². The summed E-state index contributed by atoms with van der Waals surface area (Å²) >= 11 is 0. The molecule has 0 aliphatic carbocycles. The lowest BCUT2D eigenvalue weighted by atomic mass is 10.6. The molecule has 0 bridgehead atoms. The van der Waals surface area contributed by atoms with E-state index in [4.69, 9.17) is 0 Å². The largest absolute Gasteiger partial charge is 0.358 e. The Labute approximate surface area is 59.6 Å². The van der Waals surface area contributed by atoms with Gasteiger partial charge in [0.1, 0.15) is 0 Å². The van der Waals surface area contributed by atoms with E-state index in [-0.39, 0.29) is 0 Å². The first-order chi connectivity index (χ1) is 4.66. The average molecular weight is 147 g/mol. The van der Waals surface area contributed by atoms with Crippen LogP contribution in [0.25, 0.3) is 0 Å². The maximum absolute atomic E-state index is 11.5. The zero-order valence-corrected chi connectivity index (χ0v) is 6.09. The molecule has 0 unspecified atom stereocenters. The van der Waals surface area contributed by atoms with Crippen molar-refractivity contribution >= 4 is 0 Å². The van der Waals surface area contributed by atoms with Crippen LogP contribution in [0.3, 0.4) is 0 Å². The first kappa shape index (κ1) is 9.14. The maximum Gasteiger partial charge on any atom is 0.258 e. The summed E-state index contributed by atoms with van der Waals surface area (Å²) in [5.41, 5.74) is 0. The summed E-state index contributed by atoms with van der Waals surface area (Å²) in [4.78, 5) is 1.56. The normalized spacial score (nSPS) is 12.1. The zero-order valence-electron chi connectivity index (χ0n) is 6.09. The molecular weight excluding hydrogens is 136 g/mol. The molecule has 0 aliphatic rings. The number of allylic oxidation sites excluding steroid dienone is 2. The third-order valence-electron chi connectivity index (χ3n) is 0.851. The third-order valence-corrected chi connectivity index (χ3v) is 0.851. The van der Waals surface area contributed by atoms with Crippen LogP contribution in [0, 0.1) is 0 Å². The Morgan fingerprint density at radius 1 is 1.30 bits per heavy atom. The predicted octanol–water partition coefficient (Wildman–Crippen LogP) is 2.23. The molecule has 0 N–H and O–H groups in total. The Kier molecular flexibility index (Phi) is 4.54. The van der Waals surface area contributed by atoms with Crippen LogP contribution in [0.15, 0.2) is 24.6 Å². The van der Waals surface area contributed by atoms with E-state index in [0.29, 0.717) is 0 Å². The van der Waals surface area contributed by atoms with Gasteiger partial charge in [0.15, 0.2) is 0 Å². The molecule has 1 nitrogen and oxygen atoms in total. The van der Waals surface area contributed by atoms with Gasteiger partial charge in [-0.25, -0.2) is 8.78 Å². The summed E-state index contributed by atoms with van der Waals surface area (Å²) in [6.07, 6.45) is 3.26. The van der Waals surface area contributed by atoms with Crippen LogP contribution in [0.2, 0.25) is 0 Å². The summed E-state index contributed by atoms with van der Waals surface area (Å²) in [5, 5.41) is 0. The molecule has 0 aliphatic heterocycles. The highest BCUT2D eigenvalue weighted by Gasteiger charge is 1.91. The van der Waals surface area contributed by atoms with Crippen molar-refractivity contribution < 1.29 is 8.78 Å². The van der Waals surface area contributed by atoms with E-state index in [1.165, 1.54) is 6.20 Å².